The number of hydrogen-bond donors (Lipinski definition) is 1. The van der Waals surface area contributed by atoms with Crippen molar-refractivity contribution >= 4 is 0 Å². The van der Waals surface area contributed by atoms with Crippen LogP contribution in [-0.4, -0.2) is 11.0 Å². The van der Waals surface area contributed by atoms with Crippen LogP contribution in [0.15, 0.2) is 24.5 Å². The summed E-state index contributed by atoms with van der Waals surface area (Å²) in [6.45, 7) is 2.29. The normalized spacial score (nSPS) is 41.4. The van der Waals surface area contributed by atoms with Gasteiger partial charge in [0.1, 0.15) is 0 Å². The molecule has 0 aliphatic heterocycles. The van der Waals surface area contributed by atoms with Gasteiger partial charge in [0.05, 0.1) is 0 Å². The Balaban J connectivity index is 1.48. The molecule has 2 heteroatoms. The largest absolute Gasteiger partial charge is 0.307 e. The summed E-state index contributed by atoms with van der Waals surface area (Å²) in [5.41, 5.74) is 1.33. The number of pyridine rings is 1. The molecule has 4 aliphatic rings. The summed E-state index contributed by atoms with van der Waals surface area (Å²) in [7, 11) is 0. The summed E-state index contributed by atoms with van der Waals surface area (Å²) < 4.78 is 0. The zero-order chi connectivity index (χ0) is 12.8. The highest BCUT2D eigenvalue weighted by molar-refractivity contribution is 5.14. The van der Waals surface area contributed by atoms with Crippen molar-refractivity contribution in [2.24, 2.45) is 23.7 Å². The van der Waals surface area contributed by atoms with Crippen LogP contribution in [0.25, 0.3) is 0 Å². The van der Waals surface area contributed by atoms with Crippen LogP contribution in [-0.2, 0) is 0 Å². The quantitative estimate of drug-likeness (QED) is 0.894. The molecule has 2 nitrogen and oxygen atoms in total. The number of rotatable bonds is 3. The van der Waals surface area contributed by atoms with Gasteiger partial charge in [-0.15, -0.1) is 0 Å². The highest BCUT2D eigenvalue weighted by Gasteiger charge is 2.48. The Kier molecular flexibility index (Phi) is 2.87. The third-order valence-electron chi connectivity index (χ3n) is 5.85. The second-order valence-corrected chi connectivity index (χ2v) is 7.13. The molecule has 4 fully saturated rings. The SMILES string of the molecule is C[C@H](NC1C2CC3CC(C2)CC1C3)c1cccnc1. The van der Waals surface area contributed by atoms with Crippen molar-refractivity contribution in [1.82, 2.24) is 10.3 Å². The van der Waals surface area contributed by atoms with Gasteiger partial charge < -0.3 is 5.32 Å². The molecule has 5 rings (SSSR count). The molecule has 0 spiro atoms. The van der Waals surface area contributed by atoms with Gasteiger partial charge in [-0.3, -0.25) is 4.98 Å². The van der Waals surface area contributed by atoms with Crippen LogP contribution in [0.4, 0.5) is 0 Å². The molecule has 102 valence electrons. The Morgan fingerprint density at radius 3 is 2.37 bits per heavy atom. The van der Waals surface area contributed by atoms with Crippen LogP contribution < -0.4 is 5.32 Å². The summed E-state index contributed by atoms with van der Waals surface area (Å²) in [6.07, 6.45) is 11.4. The van der Waals surface area contributed by atoms with Crippen molar-refractivity contribution in [2.45, 2.75) is 51.1 Å². The molecule has 1 aromatic heterocycles. The second kappa shape index (κ2) is 4.59. The standard InChI is InChI=1S/C17H24N2/c1-11(14-3-2-4-18-10-14)19-17-15-6-12-5-13(8-15)9-16(17)7-12/h2-4,10-13,15-17,19H,5-9H2,1H3/t11-,12?,13?,15?,16?,17?/m0/s1. The molecule has 1 atom stereocenters. The first-order chi connectivity index (χ1) is 9.29. The van der Waals surface area contributed by atoms with Gasteiger partial charge in [-0.25, -0.2) is 0 Å². The molecular formula is C17H24N2. The first-order valence-electron chi connectivity index (χ1n) is 7.95. The first kappa shape index (κ1) is 11.9. The van der Waals surface area contributed by atoms with Gasteiger partial charge in [-0.2, -0.15) is 0 Å². The van der Waals surface area contributed by atoms with E-state index in [1.807, 2.05) is 18.5 Å². The van der Waals surface area contributed by atoms with E-state index in [9.17, 15) is 0 Å². The minimum absolute atomic E-state index is 0.441. The van der Waals surface area contributed by atoms with E-state index in [2.05, 4.69) is 23.3 Å². The van der Waals surface area contributed by atoms with Gasteiger partial charge >= 0.3 is 0 Å². The molecule has 1 heterocycles. The second-order valence-electron chi connectivity index (χ2n) is 7.13. The van der Waals surface area contributed by atoms with E-state index in [1.165, 1.54) is 37.7 Å². The van der Waals surface area contributed by atoms with Crippen LogP contribution in [0.3, 0.4) is 0 Å². The van der Waals surface area contributed by atoms with Gasteiger partial charge in [0, 0.05) is 24.5 Å². The Morgan fingerprint density at radius 2 is 1.79 bits per heavy atom. The maximum Gasteiger partial charge on any atom is 0.0315 e. The number of nitrogens with zero attached hydrogens (tertiary/aromatic N) is 1. The predicted molar refractivity (Wildman–Crippen MR) is 76.6 cm³/mol. The summed E-state index contributed by atoms with van der Waals surface area (Å²) in [6, 6.07) is 5.45. The first-order valence-corrected chi connectivity index (χ1v) is 7.95. The van der Waals surface area contributed by atoms with E-state index < -0.39 is 0 Å². The molecule has 4 aliphatic carbocycles. The third kappa shape index (κ3) is 2.10. The minimum atomic E-state index is 0.441. The number of hydrogen-bond acceptors (Lipinski definition) is 2. The molecular weight excluding hydrogens is 232 g/mol. The van der Waals surface area contributed by atoms with E-state index in [-0.39, 0.29) is 0 Å². The molecule has 1 N–H and O–H groups in total. The molecule has 4 saturated carbocycles. The zero-order valence-corrected chi connectivity index (χ0v) is 11.8. The lowest BCUT2D eigenvalue weighted by Crippen LogP contribution is -2.54. The maximum absolute atomic E-state index is 4.25. The Hall–Kier alpha value is -0.890. The molecule has 19 heavy (non-hydrogen) atoms. The molecule has 0 radical (unpaired) electrons. The highest BCUT2D eigenvalue weighted by Crippen LogP contribution is 2.54. The van der Waals surface area contributed by atoms with Crippen LogP contribution in [0.2, 0.25) is 0 Å². The highest BCUT2D eigenvalue weighted by atomic mass is 15.0. The van der Waals surface area contributed by atoms with E-state index in [4.69, 9.17) is 0 Å². The lowest BCUT2D eigenvalue weighted by atomic mass is 9.54. The smallest absolute Gasteiger partial charge is 0.0315 e. The van der Waals surface area contributed by atoms with Gasteiger partial charge in [-0.05, 0) is 74.3 Å². The fourth-order valence-corrected chi connectivity index (χ4v) is 5.21. The van der Waals surface area contributed by atoms with Gasteiger partial charge in [0.25, 0.3) is 0 Å². The molecule has 1 aromatic rings. The Labute approximate surface area is 116 Å². The predicted octanol–water partition coefficient (Wildman–Crippen LogP) is 3.56. The maximum atomic E-state index is 4.25. The van der Waals surface area contributed by atoms with Crippen molar-refractivity contribution in [3.8, 4) is 0 Å². The fourth-order valence-electron chi connectivity index (χ4n) is 5.21. The fraction of sp³-hybridized carbons (Fsp3) is 0.706. The van der Waals surface area contributed by atoms with E-state index in [0.29, 0.717) is 6.04 Å². The van der Waals surface area contributed by atoms with Crippen LogP contribution in [0.1, 0.15) is 50.6 Å². The topological polar surface area (TPSA) is 24.9 Å². The Morgan fingerprint density at radius 1 is 1.11 bits per heavy atom. The molecule has 0 unspecified atom stereocenters. The van der Waals surface area contributed by atoms with E-state index >= 15 is 0 Å². The van der Waals surface area contributed by atoms with Crippen LogP contribution in [0, 0.1) is 23.7 Å². The third-order valence-corrected chi connectivity index (χ3v) is 5.85. The molecule has 0 amide bonds. The van der Waals surface area contributed by atoms with Crippen LogP contribution in [0.5, 0.6) is 0 Å². The molecule has 0 aromatic carbocycles. The molecule has 0 saturated heterocycles. The van der Waals surface area contributed by atoms with Crippen molar-refractivity contribution in [2.75, 3.05) is 0 Å². The van der Waals surface area contributed by atoms with Crippen molar-refractivity contribution in [3.05, 3.63) is 30.1 Å². The van der Waals surface area contributed by atoms with E-state index in [0.717, 1.165) is 29.7 Å². The monoisotopic (exact) mass is 256 g/mol. The summed E-state index contributed by atoms with van der Waals surface area (Å²) in [5.74, 6) is 4.04. The van der Waals surface area contributed by atoms with E-state index in [1.54, 1.807) is 0 Å². The zero-order valence-electron chi connectivity index (χ0n) is 11.8. The van der Waals surface area contributed by atoms with Crippen molar-refractivity contribution in [3.63, 3.8) is 0 Å². The average molecular weight is 256 g/mol. The minimum Gasteiger partial charge on any atom is -0.307 e. The lowest BCUT2D eigenvalue weighted by Gasteiger charge is -2.55. The average Bonchev–Trinajstić information content (AvgIpc) is 2.43. The van der Waals surface area contributed by atoms with Gasteiger partial charge in [0.2, 0.25) is 0 Å². The molecule has 4 bridgehead atoms. The van der Waals surface area contributed by atoms with Gasteiger partial charge in [0.15, 0.2) is 0 Å². The van der Waals surface area contributed by atoms with Crippen molar-refractivity contribution < 1.29 is 0 Å². The van der Waals surface area contributed by atoms with Crippen LogP contribution >= 0.6 is 0 Å². The Bertz CT molecular complexity index is 414. The lowest BCUT2D eigenvalue weighted by molar-refractivity contribution is -0.0171. The van der Waals surface area contributed by atoms with Crippen molar-refractivity contribution in [1.29, 1.82) is 0 Å². The summed E-state index contributed by atoms with van der Waals surface area (Å²) in [4.78, 5) is 4.25. The number of nitrogens with one attached hydrogen (secondary N) is 1. The number of aromatic nitrogens is 1. The summed E-state index contributed by atoms with van der Waals surface area (Å²) >= 11 is 0. The summed E-state index contributed by atoms with van der Waals surface area (Å²) in [5, 5.41) is 3.94. The van der Waals surface area contributed by atoms with Gasteiger partial charge in [-0.1, -0.05) is 6.07 Å².